The number of hydrogen-bond donors (Lipinski definition) is 3. The lowest BCUT2D eigenvalue weighted by atomic mass is 10.1. The number of anilines is 1. The summed E-state index contributed by atoms with van der Waals surface area (Å²) >= 11 is 0. The van der Waals surface area contributed by atoms with Gasteiger partial charge in [-0.3, -0.25) is 4.79 Å². The van der Waals surface area contributed by atoms with Crippen molar-refractivity contribution < 1.29 is 9.90 Å². The van der Waals surface area contributed by atoms with E-state index in [9.17, 15) is 4.79 Å². The van der Waals surface area contributed by atoms with E-state index in [2.05, 4.69) is 20.6 Å². The molecule has 0 aliphatic heterocycles. The van der Waals surface area contributed by atoms with Gasteiger partial charge in [0.05, 0.1) is 12.1 Å². The number of aromatic nitrogens is 2. The quantitative estimate of drug-likeness (QED) is 0.762. The highest BCUT2D eigenvalue weighted by atomic mass is 16.3. The minimum absolute atomic E-state index is 0.0794. The number of nitrogens with zero attached hydrogens (tertiary/aromatic N) is 2. The van der Waals surface area contributed by atoms with Gasteiger partial charge in [-0.25, -0.2) is 9.97 Å². The maximum Gasteiger partial charge on any atom is 0.251 e. The zero-order chi connectivity index (χ0) is 14.5. The number of amides is 1. The number of aliphatic hydroxyl groups excluding tert-OH is 1. The average Bonchev–Trinajstić information content (AvgIpc) is 2.43. The van der Waals surface area contributed by atoms with Crippen LogP contribution in [0.4, 0.5) is 5.95 Å². The fourth-order valence-corrected chi connectivity index (χ4v) is 1.76. The SMILES string of the molecule is CC(C)Nc1ncc2ccc(C(=O)NCCO)cc2n1. The predicted octanol–water partition coefficient (Wildman–Crippen LogP) is 1.17. The third-order valence-electron chi connectivity index (χ3n) is 2.66. The predicted molar refractivity (Wildman–Crippen MR) is 77.7 cm³/mol. The summed E-state index contributed by atoms with van der Waals surface area (Å²) in [5.74, 6) is 0.318. The van der Waals surface area contributed by atoms with Gasteiger partial charge in [0, 0.05) is 29.7 Å². The molecule has 20 heavy (non-hydrogen) atoms. The van der Waals surface area contributed by atoms with Gasteiger partial charge in [-0.15, -0.1) is 0 Å². The molecule has 1 heterocycles. The average molecular weight is 274 g/mol. The van der Waals surface area contributed by atoms with E-state index in [0.717, 1.165) is 5.39 Å². The van der Waals surface area contributed by atoms with Gasteiger partial charge in [0.25, 0.3) is 5.91 Å². The molecule has 0 aliphatic rings. The van der Waals surface area contributed by atoms with Crippen molar-refractivity contribution in [3.63, 3.8) is 0 Å². The van der Waals surface area contributed by atoms with Crippen LogP contribution in [-0.4, -0.2) is 40.2 Å². The van der Waals surface area contributed by atoms with Gasteiger partial charge in [0.2, 0.25) is 5.95 Å². The summed E-state index contributed by atoms with van der Waals surface area (Å²) in [5, 5.41) is 15.3. The summed E-state index contributed by atoms with van der Waals surface area (Å²) in [6, 6.07) is 5.48. The molecule has 0 fully saturated rings. The summed E-state index contributed by atoms with van der Waals surface area (Å²) in [6.45, 7) is 4.17. The fraction of sp³-hybridized carbons (Fsp3) is 0.357. The summed E-state index contributed by atoms with van der Waals surface area (Å²) < 4.78 is 0. The highest BCUT2D eigenvalue weighted by Crippen LogP contribution is 2.15. The maximum absolute atomic E-state index is 11.8. The number of carbonyl (C=O) groups is 1. The minimum Gasteiger partial charge on any atom is -0.395 e. The Morgan fingerprint density at radius 1 is 1.40 bits per heavy atom. The van der Waals surface area contributed by atoms with Gasteiger partial charge in [0.1, 0.15) is 0 Å². The first kappa shape index (κ1) is 14.2. The number of nitrogens with one attached hydrogen (secondary N) is 2. The first-order valence-electron chi connectivity index (χ1n) is 6.52. The molecular weight excluding hydrogens is 256 g/mol. The van der Waals surface area contributed by atoms with Crippen LogP contribution in [0, 0.1) is 0 Å². The molecule has 0 atom stereocenters. The van der Waals surface area contributed by atoms with E-state index >= 15 is 0 Å². The second-order valence-electron chi connectivity index (χ2n) is 4.75. The molecule has 1 aromatic heterocycles. The Labute approximate surface area is 117 Å². The van der Waals surface area contributed by atoms with Crippen LogP contribution in [-0.2, 0) is 0 Å². The van der Waals surface area contributed by atoms with Gasteiger partial charge in [-0.05, 0) is 26.0 Å². The molecule has 1 amide bonds. The van der Waals surface area contributed by atoms with E-state index in [4.69, 9.17) is 5.11 Å². The molecule has 2 rings (SSSR count). The molecule has 6 nitrogen and oxygen atoms in total. The first-order valence-corrected chi connectivity index (χ1v) is 6.52. The van der Waals surface area contributed by atoms with Crippen LogP contribution in [0.3, 0.4) is 0 Å². The van der Waals surface area contributed by atoms with Crippen molar-refractivity contribution >= 4 is 22.8 Å². The monoisotopic (exact) mass is 274 g/mol. The second-order valence-corrected chi connectivity index (χ2v) is 4.75. The zero-order valence-electron chi connectivity index (χ0n) is 11.6. The first-order chi connectivity index (χ1) is 9.60. The molecule has 0 spiro atoms. The van der Waals surface area contributed by atoms with Crippen molar-refractivity contribution in [3.8, 4) is 0 Å². The van der Waals surface area contributed by atoms with E-state index in [1.165, 1.54) is 0 Å². The number of fused-ring (bicyclic) bond motifs is 1. The third kappa shape index (κ3) is 3.42. The van der Waals surface area contributed by atoms with Crippen LogP contribution in [0.2, 0.25) is 0 Å². The molecule has 1 aromatic carbocycles. The number of rotatable bonds is 5. The zero-order valence-corrected chi connectivity index (χ0v) is 11.6. The minimum atomic E-state index is -0.224. The molecule has 0 unspecified atom stereocenters. The van der Waals surface area contributed by atoms with Crippen LogP contribution < -0.4 is 10.6 Å². The van der Waals surface area contributed by atoms with Crippen LogP contribution in [0.5, 0.6) is 0 Å². The summed E-state index contributed by atoms with van der Waals surface area (Å²) in [5.41, 5.74) is 1.22. The Bertz CT molecular complexity index is 613. The normalized spacial score (nSPS) is 10.8. The fourth-order valence-electron chi connectivity index (χ4n) is 1.76. The van der Waals surface area contributed by atoms with E-state index < -0.39 is 0 Å². The Morgan fingerprint density at radius 3 is 2.90 bits per heavy atom. The molecule has 2 aromatic rings. The summed E-state index contributed by atoms with van der Waals surface area (Å²) in [6.07, 6.45) is 1.72. The lowest BCUT2D eigenvalue weighted by Crippen LogP contribution is -2.26. The topological polar surface area (TPSA) is 87.1 Å². The third-order valence-corrected chi connectivity index (χ3v) is 2.66. The summed E-state index contributed by atoms with van der Waals surface area (Å²) in [4.78, 5) is 20.4. The molecule has 6 heteroatoms. The summed E-state index contributed by atoms with van der Waals surface area (Å²) in [7, 11) is 0. The van der Waals surface area contributed by atoms with Crippen molar-refractivity contribution in [1.82, 2.24) is 15.3 Å². The maximum atomic E-state index is 11.8. The number of benzene rings is 1. The van der Waals surface area contributed by atoms with Crippen LogP contribution in [0.1, 0.15) is 24.2 Å². The lowest BCUT2D eigenvalue weighted by Gasteiger charge is -2.09. The molecule has 0 bridgehead atoms. The van der Waals surface area contributed by atoms with Crippen molar-refractivity contribution in [3.05, 3.63) is 30.0 Å². The van der Waals surface area contributed by atoms with Crippen molar-refractivity contribution in [1.29, 1.82) is 0 Å². The van der Waals surface area contributed by atoms with Gasteiger partial charge >= 0.3 is 0 Å². The molecule has 0 aliphatic carbocycles. The van der Waals surface area contributed by atoms with E-state index in [-0.39, 0.29) is 25.1 Å². The van der Waals surface area contributed by atoms with E-state index in [1.54, 1.807) is 18.3 Å². The standard InChI is InChI=1S/C14H18N4O2/c1-9(2)17-14-16-8-11-4-3-10(7-12(11)18-14)13(20)15-5-6-19/h3-4,7-9,19H,5-6H2,1-2H3,(H,15,20)(H,16,17,18). The molecule has 3 N–H and O–H groups in total. The Morgan fingerprint density at radius 2 is 2.20 bits per heavy atom. The van der Waals surface area contributed by atoms with Crippen molar-refractivity contribution in [2.45, 2.75) is 19.9 Å². The molecule has 0 saturated heterocycles. The Hall–Kier alpha value is -2.21. The highest BCUT2D eigenvalue weighted by molar-refractivity contribution is 5.97. The molecule has 0 saturated carbocycles. The van der Waals surface area contributed by atoms with Crippen LogP contribution >= 0.6 is 0 Å². The number of aliphatic hydroxyl groups is 1. The van der Waals surface area contributed by atoms with Gasteiger partial charge in [-0.1, -0.05) is 6.07 Å². The van der Waals surface area contributed by atoms with Crippen LogP contribution in [0.25, 0.3) is 10.9 Å². The molecule has 0 radical (unpaired) electrons. The van der Waals surface area contributed by atoms with Crippen molar-refractivity contribution in [2.75, 3.05) is 18.5 Å². The smallest absolute Gasteiger partial charge is 0.251 e. The molecule has 106 valence electrons. The van der Waals surface area contributed by atoms with Gasteiger partial charge < -0.3 is 15.7 Å². The van der Waals surface area contributed by atoms with Gasteiger partial charge in [0.15, 0.2) is 0 Å². The van der Waals surface area contributed by atoms with Gasteiger partial charge in [-0.2, -0.15) is 0 Å². The van der Waals surface area contributed by atoms with E-state index in [1.807, 2.05) is 19.9 Å². The largest absolute Gasteiger partial charge is 0.395 e. The highest BCUT2D eigenvalue weighted by Gasteiger charge is 2.07. The van der Waals surface area contributed by atoms with Crippen LogP contribution in [0.15, 0.2) is 24.4 Å². The number of carbonyl (C=O) groups excluding carboxylic acids is 1. The Balaban J connectivity index is 2.28. The van der Waals surface area contributed by atoms with E-state index in [0.29, 0.717) is 17.0 Å². The van der Waals surface area contributed by atoms with Crippen molar-refractivity contribution in [2.24, 2.45) is 0 Å². The molecular formula is C14H18N4O2. The second kappa shape index (κ2) is 6.29. The Kier molecular flexibility index (Phi) is 4.47. The number of hydrogen-bond acceptors (Lipinski definition) is 5. The lowest BCUT2D eigenvalue weighted by molar-refractivity contribution is 0.0945.